The fraction of sp³-hybridized carbons (Fsp3) is 0.765. The fourth-order valence-electron chi connectivity index (χ4n) is 3.44. The molecule has 1 aromatic rings. The van der Waals surface area contributed by atoms with Gasteiger partial charge in [0, 0.05) is 15.8 Å². The second kappa shape index (κ2) is 6.90. The Morgan fingerprint density at radius 2 is 1.84 bits per heavy atom. The summed E-state index contributed by atoms with van der Waals surface area (Å²) >= 11 is 2.01. The number of likely N-dealkylation sites (N-methyl/N-ethyl adjacent to an activating group) is 1. The topological polar surface area (TPSA) is 12.0 Å². The molecule has 1 saturated carbocycles. The van der Waals surface area contributed by atoms with Crippen molar-refractivity contribution in [3.05, 3.63) is 21.9 Å². The van der Waals surface area contributed by atoms with E-state index < -0.39 is 0 Å². The van der Waals surface area contributed by atoms with Crippen molar-refractivity contribution in [2.45, 2.75) is 71.8 Å². The Morgan fingerprint density at radius 3 is 2.42 bits per heavy atom. The van der Waals surface area contributed by atoms with Gasteiger partial charge in [-0.05, 0) is 49.8 Å². The van der Waals surface area contributed by atoms with E-state index in [-0.39, 0.29) is 0 Å². The highest BCUT2D eigenvalue weighted by molar-refractivity contribution is 7.11. The maximum Gasteiger partial charge on any atom is 0.0169 e. The van der Waals surface area contributed by atoms with E-state index in [0.717, 1.165) is 6.54 Å². The molecular weight excluding hydrogens is 250 g/mol. The summed E-state index contributed by atoms with van der Waals surface area (Å²) in [6.07, 6.45) is 9.47. The molecule has 1 fully saturated rings. The molecule has 0 saturated heterocycles. The first-order chi connectivity index (χ1) is 9.18. The van der Waals surface area contributed by atoms with Gasteiger partial charge in [-0.25, -0.2) is 0 Å². The highest BCUT2D eigenvalue weighted by Gasteiger charge is 2.35. The Hall–Kier alpha value is -0.340. The first kappa shape index (κ1) is 15.1. The highest BCUT2D eigenvalue weighted by atomic mass is 32.1. The average Bonchev–Trinajstić information content (AvgIpc) is 2.87. The van der Waals surface area contributed by atoms with Crippen LogP contribution < -0.4 is 5.32 Å². The lowest BCUT2D eigenvalue weighted by Gasteiger charge is -2.41. The summed E-state index contributed by atoms with van der Waals surface area (Å²) in [6, 6.07) is 5.31. The van der Waals surface area contributed by atoms with Gasteiger partial charge in [0.15, 0.2) is 0 Å². The summed E-state index contributed by atoms with van der Waals surface area (Å²) in [6.45, 7) is 8.09. The van der Waals surface area contributed by atoms with Crippen molar-refractivity contribution >= 4 is 11.3 Å². The molecule has 0 amide bonds. The van der Waals surface area contributed by atoms with Gasteiger partial charge in [-0.1, -0.05) is 40.0 Å². The van der Waals surface area contributed by atoms with E-state index in [1.54, 1.807) is 4.88 Å². The molecule has 2 rings (SSSR count). The Balaban J connectivity index is 2.06. The quantitative estimate of drug-likeness (QED) is 0.788. The van der Waals surface area contributed by atoms with Crippen molar-refractivity contribution < 1.29 is 0 Å². The molecule has 1 unspecified atom stereocenters. The zero-order valence-electron chi connectivity index (χ0n) is 12.8. The Labute approximate surface area is 122 Å². The second-order valence-electron chi connectivity index (χ2n) is 6.25. The third-order valence-electron chi connectivity index (χ3n) is 4.76. The van der Waals surface area contributed by atoms with Crippen LogP contribution >= 0.6 is 11.3 Å². The molecule has 0 radical (unpaired) electrons. The highest BCUT2D eigenvalue weighted by Crippen LogP contribution is 2.40. The summed E-state index contributed by atoms with van der Waals surface area (Å²) < 4.78 is 0. The molecule has 1 nitrogen and oxygen atoms in total. The Bertz CT molecular complexity index is 376. The lowest BCUT2D eigenvalue weighted by atomic mass is 9.69. The molecule has 1 aliphatic carbocycles. The van der Waals surface area contributed by atoms with Crippen molar-refractivity contribution in [2.24, 2.45) is 5.41 Å². The summed E-state index contributed by atoms with van der Waals surface area (Å²) in [4.78, 5) is 3.09. The molecule has 1 aliphatic rings. The van der Waals surface area contributed by atoms with Crippen LogP contribution in [-0.4, -0.2) is 12.6 Å². The molecule has 0 aliphatic heterocycles. The number of nitrogens with one attached hydrogen (secondary N) is 1. The van der Waals surface area contributed by atoms with Crippen molar-refractivity contribution in [3.63, 3.8) is 0 Å². The van der Waals surface area contributed by atoms with Crippen LogP contribution in [0.2, 0.25) is 0 Å². The number of hydrogen-bond acceptors (Lipinski definition) is 2. The molecule has 1 heterocycles. The van der Waals surface area contributed by atoms with Gasteiger partial charge in [0.05, 0.1) is 0 Å². The van der Waals surface area contributed by atoms with Crippen molar-refractivity contribution in [3.8, 4) is 0 Å². The van der Waals surface area contributed by atoms with Crippen molar-refractivity contribution in [1.29, 1.82) is 0 Å². The van der Waals surface area contributed by atoms with Crippen LogP contribution in [0.1, 0.15) is 62.6 Å². The van der Waals surface area contributed by atoms with Gasteiger partial charge in [0.1, 0.15) is 0 Å². The van der Waals surface area contributed by atoms with Crippen LogP contribution in [0.4, 0.5) is 0 Å². The molecule has 1 atom stereocenters. The maximum absolute atomic E-state index is 3.78. The monoisotopic (exact) mass is 279 g/mol. The smallest absolute Gasteiger partial charge is 0.0169 e. The number of thiophene rings is 1. The van der Waals surface area contributed by atoms with Crippen molar-refractivity contribution in [1.82, 2.24) is 5.32 Å². The van der Waals surface area contributed by atoms with Crippen LogP contribution in [0, 0.1) is 5.41 Å². The van der Waals surface area contributed by atoms with E-state index >= 15 is 0 Å². The predicted octanol–water partition coefficient (Wildman–Crippen LogP) is 4.80. The SMILES string of the molecule is CCNC(Cc1ccc(CC)s1)C1(C)CCCCC1. The van der Waals surface area contributed by atoms with Gasteiger partial charge < -0.3 is 5.32 Å². The molecule has 2 heteroatoms. The first-order valence-electron chi connectivity index (χ1n) is 7.99. The largest absolute Gasteiger partial charge is 0.313 e. The van der Waals surface area contributed by atoms with Crippen LogP contribution in [-0.2, 0) is 12.8 Å². The molecule has 108 valence electrons. The Kier molecular flexibility index (Phi) is 5.47. The average molecular weight is 279 g/mol. The maximum atomic E-state index is 3.78. The molecule has 0 aromatic carbocycles. The Morgan fingerprint density at radius 1 is 1.16 bits per heavy atom. The molecule has 1 aromatic heterocycles. The van der Waals surface area contributed by atoms with Crippen molar-refractivity contribution in [2.75, 3.05) is 6.54 Å². The van der Waals surface area contributed by atoms with Gasteiger partial charge in [0.25, 0.3) is 0 Å². The standard InChI is InChI=1S/C17H29NS/c1-4-14-9-10-15(19-14)13-16(18-5-2)17(3)11-7-6-8-12-17/h9-10,16,18H,4-8,11-13H2,1-3H3. The minimum absolute atomic E-state index is 0.505. The second-order valence-corrected chi connectivity index (χ2v) is 7.50. The summed E-state index contributed by atoms with van der Waals surface area (Å²) in [5, 5.41) is 3.78. The summed E-state index contributed by atoms with van der Waals surface area (Å²) in [7, 11) is 0. The van der Waals surface area contributed by atoms with E-state index in [0.29, 0.717) is 11.5 Å². The number of rotatable bonds is 6. The third-order valence-corrected chi connectivity index (χ3v) is 6.01. The van der Waals surface area contributed by atoms with Crippen LogP contribution in [0.3, 0.4) is 0 Å². The van der Waals surface area contributed by atoms with Gasteiger partial charge in [0.2, 0.25) is 0 Å². The molecular formula is C17H29NS. The number of hydrogen-bond donors (Lipinski definition) is 1. The summed E-state index contributed by atoms with van der Waals surface area (Å²) in [5.74, 6) is 0. The van der Waals surface area contributed by atoms with Crippen LogP contribution in [0.25, 0.3) is 0 Å². The van der Waals surface area contributed by atoms with Gasteiger partial charge >= 0.3 is 0 Å². The van der Waals surface area contributed by atoms with E-state index in [1.807, 2.05) is 11.3 Å². The first-order valence-corrected chi connectivity index (χ1v) is 8.80. The van der Waals surface area contributed by atoms with Gasteiger partial charge in [-0.15, -0.1) is 11.3 Å². The lowest BCUT2D eigenvalue weighted by molar-refractivity contribution is 0.145. The normalized spacial score (nSPS) is 20.4. The summed E-state index contributed by atoms with van der Waals surface area (Å²) in [5.41, 5.74) is 0.505. The van der Waals surface area contributed by atoms with E-state index in [4.69, 9.17) is 0 Å². The molecule has 1 N–H and O–H groups in total. The van der Waals surface area contributed by atoms with E-state index in [9.17, 15) is 0 Å². The molecule has 19 heavy (non-hydrogen) atoms. The van der Waals surface area contributed by atoms with Crippen LogP contribution in [0.15, 0.2) is 12.1 Å². The predicted molar refractivity (Wildman–Crippen MR) is 86.1 cm³/mol. The van der Waals surface area contributed by atoms with Gasteiger partial charge in [-0.2, -0.15) is 0 Å². The zero-order chi connectivity index (χ0) is 13.7. The van der Waals surface area contributed by atoms with E-state index in [2.05, 4.69) is 38.2 Å². The molecule has 0 spiro atoms. The minimum atomic E-state index is 0.505. The molecule has 0 bridgehead atoms. The van der Waals surface area contributed by atoms with Crippen LogP contribution in [0.5, 0.6) is 0 Å². The van der Waals surface area contributed by atoms with Gasteiger partial charge in [-0.3, -0.25) is 0 Å². The lowest BCUT2D eigenvalue weighted by Crippen LogP contribution is -2.46. The zero-order valence-corrected chi connectivity index (χ0v) is 13.6. The third kappa shape index (κ3) is 3.82. The number of aryl methyl sites for hydroxylation is 1. The fourth-order valence-corrected chi connectivity index (χ4v) is 4.45. The van der Waals surface area contributed by atoms with E-state index in [1.165, 1.54) is 49.8 Å². The minimum Gasteiger partial charge on any atom is -0.313 e.